The van der Waals surface area contributed by atoms with Crippen LogP contribution in [0.1, 0.15) is 38.5 Å². The van der Waals surface area contributed by atoms with Gasteiger partial charge in [0.05, 0.1) is 6.54 Å². The van der Waals surface area contributed by atoms with E-state index in [0.29, 0.717) is 6.54 Å². The van der Waals surface area contributed by atoms with Crippen LogP contribution in [0.5, 0.6) is 0 Å². The standard InChI is InChI=1S/C11H22N2O/c1-12-9-11(14)13-8-7-10-5-3-2-4-6-10/h10,12H,2-9H2,1H3,(H,13,14). The van der Waals surface area contributed by atoms with Crippen molar-refractivity contribution in [2.45, 2.75) is 38.5 Å². The number of rotatable bonds is 5. The number of likely N-dealkylation sites (N-methyl/N-ethyl adjacent to an activating group) is 1. The van der Waals surface area contributed by atoms with Crippen molar-refractivity contribution in [3.8, 4) is 0 Å². The molecule has 1 amide bonds. The maximum absolute atomic E-state index is 11.1. The first-order chi connectivity index (χ1) is 6.83. The van der Waals surface area contributed by atoms with E-state index in [2.05, 4.69) is 10.6 Å². The Morgan fingerprint density at radius 3 is 2.64 bits per heavy atom. The predicted molar refractivity (Wildman–Crippen MR) is 58.1 cm³/mol. The van der Waals surface area contributed by atoms with Crippen molar-refractivity contribution in [3.05, 3.63) is 0 Å². The van der Waals surface area contributed by atoms with Crippen LogP contribution in [0.25, 0.3) is 0 Å². The van der Waals surface area contributed by atoms with Gasteiger partial charge in [-0.05, 0) is 19.4 Å². The Labute approximate surface area is 86.6 Å². The summed E-state index contributed by atoms with van der Waals surface area (Å²) >= 11 is 0. The highest BCUT2D eigenvalue weighted by atomic mass is 16.1. The largest absolute Gasteiger partial charge is 0.355 e. The van der Waals surface area contributed by atoms with E-state index in [1.165, 1.54) is 32.1 Å². The van der Waals surface area contributed by atoms with Gasteiger partial charge in [-0.25, -0.2) is 0 Å². The van der Waals surface area contributed by atoms with E-state index in [0.717, 1.165) is 18.9 Å². The SMILES string of the molecule is CNCC(=O)NCCC1CCCCC1. The van der Waals surface area contributed by atoms with E-state index in [9.17, 15) is 4.79 Å². The van der Waals surface area contributed by atoms with Crippen LogP contribution in [0.3, 0.4) is 0 Å². The molecule has 14 heavy (non-hydrogen) atoms. The molecule has 0 heterocycles. The van der Waals surface area contributed by atoms with E-state index in [1.807, 2.05) is 0 Å². The molecule has 1 aliphatic rings. The summed E-state index contributed by atoms with van der Waals surface area (Å²) in [5.41, 5.74) is 0. The first kappa shape index (κ1) is 11.5. The van der Waals surface area contributed by atoms with Gasteiger partial charge < -0.3 is 10.6 Å². The molecule has 0 unspecified atom stereocenters. The van der Waals surface area contributed by atoms with Gasteiger partial charge in [0.15, 0.2) is 0 Å². The highest BCUT2D eigenvalue weighted by molar-refractivity contribution is 5.77. The molecule has 1 rings (SSSR count). The van der Waals surface area contributed by atoms with Gasteiger partial charge >= 0.3 is 0 Å². The van der Waals surface area contributed by atoms with Crippen molar-refractivity contribution in [3.63, 3.8) is 0 Å². The molecular weight excluding hydrogens is 176 g/mol. The van der Waals surface area contributed by atoms with Crippen LogP contribution in [-0.2, 0) is 4.79 Å². The monoisotopic (exact) mass is 198 g/mol. The fourth-order valence-corrected chi connectivity index (χ4v) is 2.11. The van der Waals surface area contributed by atoms with Crippen LogP contribution in [0, 0.1) is 5.92 Å². The third kappa shape index (κ3) is 4.61. The van der Waals surface area contributed by atoms with Crippen molar-refractivity contribution < 1.29 is 4.79 Å². The van der Waals surface area contributed by atoms with Crippen LogP contribution < -0.4 is 10.6 Å². The Bertz CT molecular complexity index is 165. The molecule has 0 aromatic heterocycles. The van der Waals surface area contributed by atoms with Gasteiger partial charge in [-0.2, -0.15) is 0 Å². The lowest BCUT2D eigenvalue weighted by Gasteiger charge is -2.21. The Hall–Kier alpha value is -0.570. The van der Waals surface area contributed by atoms with Gasteiger partial charge in [0, 0.05) is 6.54 Å². The van der Waals surface area contributed by atoms with E-state index >= 15 is 0 Å². The van der Waals surface area contributed by atoms with Gasteiger partial charge in [0.25, 0.3) is 0 Å². The zero-order chi connectivity index (χ0) is 10.2. The zero-order valence-electron chi connectivity index (χ0n) is 9.14. The summed E-state index contributed by atoms with van der Waals surface area (Å²) in [6.45, 7) is 1.29. The van der Waals surface area contributed by atoms with Crippen molar-refractivity contribution >= 4 is 5.91 Å². The van der Waals surface area contributed by atoms with Crippen molar-refractivity contribution in [2.24, 2.45) is 5.92 Å². The molecule has 1 fully saturated rings. The second-order valence-corrected chi connectivity index (χ2v) is 4.17. The molecule has 2 N–H and O–H groups in total. The van der Waals surface area contributed by atoms with Crippen LogP contribution in [0.15, 0.2) is 0 Å². The summed E-state index contributed by atoms with van der Waals surface area (Å²) < 4.78 is 0. The third-order valence-electron chi connectivity index (χ3n) is 2.94. The molecule has 0 aromatic rings. The molecule has 1 saturated carbocycles. The molecule has 0 aliphatic heterocycles. The topological polar surface area (TPSA) is 41.1 Å². The van der Waals surface area contributed by atoms with Crippen LogP contribution in [-0.4, -0.2) is 26.0 Å². The van der Waals surface area contributed by atoms with E-state index < -0.39 is 0 Å². The van der Waals surface area contributed by atoms with Gasteiger partial charge in [-0.1, -0.05) is 32.1 Å². The summed E-state index contributed by atoms with van der Waals surface area (Å²) in [4.78, 5) is 11.1. The van der Waals surface area contributed by atoms with Crippen molar-refractivity contribution in [2.75, 3.05) is 20.1 Å². The molecular formula is C11H22N2O. The van der Waals surface area contributed by atoms with Crippen molar-refractivity contribution in [1.29, 1.82) is 0 Å². The maximum Gasteiger partial charge on any atom is 0.233 e. The summed E-state index contributed by atoms with van der Waals surface area (Å²) in [5.74, 6) is 0.974. The van der Waals surface area contributed by atoms with E-state index in [1.54, 1.807) is 7.05 Å². The summed E-state index contributed by atoms with van der Waals surface area (Å²) in [7, 11) is 1.79. The average Bonchev–Trinajstić information content (AvgIpc) is 2.20. The van der Waals surface area contributed by atoms with Gasteiger partial charge in [-0.3, -0.25) is 4.79 Å². The lowest BCUT2D eigenvalue weighted by Crippen LogP contribution is -2.33. The Morgan fingerprint density at radius 1 is 1.29 bits per heavy atom. The normalized spacial score (nSPS) is 18.1. The second-order valence-electron chi connectivity index (χ2n) is 4.17. The number of hydrogen-bond acceptors (Lipinski definition) is 2. The number of carbonyl (C=O) groups is 1. The quantitative estimate of drug-likeness (QED) is 0.699. The van der Waals surface area contributed by atoms with Gasteiger partial charge in [-0.15, -0.1) is 0 Å². The van der Waals surface area contributed by atoms with E-state index in [-0.39, 0.29) is 5.91 Å². The van der Waals surface area contributed by atoms with Crippen molar-refractivity contribution in [1.82, 2.24) is 10.6 Å². The minimum atomic E-state index is 0.114. The highest BCUT2D eigenvalue weighted by Gasteiger charge is 2.12. The first-order valence-corrected chi connectivity index (χ1v) is 5.74. The van der Waals surface area contributed by atoms with Crippen LogP contribution in [0.2, 0.25) is 0 Å². The second kappa shape index (κ2) is 6.82. The Morgan fingerprint density at radius 2 is 2.00 bits per heavy atom. The lowest BCUT2D eigenvalue weighted by atomic mass is 9.87. The minimum Gasteiger partial charge on any atom is -0.355 e. The smallest absolute Gasteiger partial charge is 0.233 e. The van der Waals surface area contributed by atoms with Gasteiger partial charge in [0.2, 0.25) is 5.91 Å². The van der Waals surface area contributed by atoms with Crippen LogP contribution in [0.4, 0.5) is 0 Å². The van der Waals surface area contributed by atoms with E-state index in [4.69, 9.17) is 0 Å². The molecule has 3 heteroatoms. The molecule has 82 valence electrons. The number of hydrogen-bond donors (Lipinski definition) is 2. The minimum absolute atomic E-state index is 0.114. The summed E-state index contributed by atoms with van der Waals surface area (Å²) in [6.07, 6.45) is 8.06. The maximum atomic E-state index is 11.1. The fraction of sp³-hybridized carbons (Fsp3) is 0.909. The van der Waals surface area contributed by atoms with Crippen LogP contribution >= 0.6 is 0 Å². The zero-order valence-corrected chi connectivity index (χ0v) is 9.14. The fourth-order valence-electron chi connectivity index (χ4n) is 2.11. The molecule has 0 atom stereocenters. The Kier molecular flexibility index (Phi) is 5.60. The first-order valence-electron chi connectivity index (χ1n) is 5.74. The highest BCUT2D eigenvalue weighted by Crippen LogP contribution is 2.25. The Balaban J connectivity index is 1.99. The predicted octanol–water partition coefficient (Wildman–Crippen LogP) is 1.29. The molecule has 0 aromatic carbocycles. The average molecular weight is 198 g/mol. The molecule has 0 radical (unpaired) electrons. The summed E-state index contributed by atoms with van der Waals surface area (Å²) in [5, 5.41) is 5.77. The third-order valence-corrected chi connectivity index (χ3v) is 2.94. The summed E-state index contributed by atoms with van der Waals surface area (Å²) in [6, 6.07) is 0. The van der Waals surface area contributed by atoms with Gasteiger partial charge in [0.1, 0.15) is 0 Å². The number of amides is 1. The molecule has 0 saturated heterocycles. The number of nitrogens with one attached hydrogen (secondary N) is 2. The molecule has 1 aliphatic carbocycles. The molecule has 3 nitrogen and oxygen atoms in total. The number of carbonyl (C=O) groups excluding carboxylic acids is 1. The lowest BCUT2D eigenvalue weighted by molar-refractivity contribution is -0.120. The molecule has 0 spiro atoms. The molecule has 0 bridgehead atoms.